The van der Waals surface area contributed by atoms with E-state index in [1.807, 2.05) is 0 Å². The van der Waals surface area contributed by atoms with Crippen LogP contribution in [-0.2, 0) is 9.53 Å². The van der Waals surface area contributed by atoms with Gasteiger partial charge < -0.3 is 15.2 Å². The summed E-state index contributed by atoms with van der Waals surface area (Å²) in [5, 5.41) is 11.2. The number of alkyl carbamates (subject to hydrolysis) is 1. The van der Waals surface area contributed by atoms with Gasteiger partial charge in [-0.05, 0) is 33.1 Å². The molecule has 1 amide bonds. The van der Waals surface area contributed by atoms with E-state index in [0.717, 1.165) is 0 Å². The van der Waals surface area contributed by atoms with Crippen LogP contribution in [0.5, 0.6) is 0 Å². The lowest BCUT2D eigenvalue weighted by molar-refractivity contribution is -0.138. The van der Waals surface area contributed by atoms with Gasteiger partial charge in [0.05, 0.1) is 5.92 Å². The summed E-state index contributed by atoms with van der Waals surface area (Å²) in [6.45, 7) is 5.73. The summed E-state index contributed by atoms with van der Waals surface area (Å²) in [5.74, 6) is -1.01. The molecular formula is C10H17NO4. The number of nitrogens with one attached hydrogen (secondary N) is 1. The van der Waals surface area contributed by atoms with Gasteiger partial charge in [-0.1, -0.05) is 0 Å². The van der Waals surface area contributed by atoms with Crippen LogP contribution < -0.4 is 5.32 Å². The SMILES string of the molecule is CC(C)(C)OC(=O)NC[C@@H]1C[C@H]1C(=O)O. The molecule has 86 valence electrons. The first-order chi connectivity index (χ1) is 6.79. The summed E-state index contributed by atoms with van der Waals surface area (Å²) in [7, 11) is 0. The summed E-state index contributed by atoms with van der Waals surface area (Å²) in [6, 6.07) is 0. The third kappa shape index (κ3) is 4.18. The fourth-order valence-corrected chi connectivity index (χ4v) is 1.30. The number of carbonyl (C=O) groups is 2. The fourth-order valence-electron chi connectivity index (χ4n) is 1.30. The molecule has 1 aliphatic carbocycles. The van der Waals surface area contributed by atoms with Crippen molar-refractivity contribution >= 4 is 12.1 Å². The Hall–Kier alpha value is -1.26. The van der Waals surface area contributed by atoms with Gasteiger partial charge in [0.15, 0.2) is 0 Å². The number of carboxylic acids is 1. The zero-order valence-electron chi connectivity index (χ0n) is 9.24. The maximum absolute atomic E-state index is 11.2. The highest BCUT2D eigenvalue weighted by atomic mass is 16.6. The lowest BCUT2D eigenvalue weighted by Crippen LogP contribution is -2.33. The van der Waals surface area contributed by atoms with E-state index >= 15 is 0 Å². The first-order valence-corrected chi connectivity index (χ1v) is 4.99. The Morgan fingerprint density at radius 3 is 2.47 bits per heavy atom. The molecule has 5 heteroatoms. The van der Waals surface area contributed by atoms with E-state index in [2.05, 4.69) is 5.32 Å². The van der Waals surface area contributed by atoms with Gasteiger partial charge in [0.25, 0.3) is 0 Å². The second kappa shape index (κ2) is 4.08. The van der Waals surface area contributed by atoms with Gasteiger partial charge in [-0.25, -0.2) is 4.79 Å². The van der Waals surface area contributed by atoms with Crippen LogP contribution in [0.3, 0.4) is 0 Å². The average Bonchev–Trinajstić information content (AvgIpc) is 2.75. The molecule has 0 spiro atoms. The van der Waals surface area contributed by atoms with Crippen LogP contribution in [0, 0.1) is 11.8 Å². The van der Waals surface area contributed by atoms with Gasteiger partial charge in [-0.2, -0.15) is 0 Å². The van der Waals surface area contributed by atoms with E-state index in [9.17, 15) is 9.59 Å². The van der Waals surface area contributed by atoms with Gasteiger partial charge in [-0.3, -0.25) is 4.79 Å². The molecule has 0 saturated heterocycles. The van der Waals surface area contributed by atoms with E-state index in [0.29, 0.717) is 13.0 Å². The summed E-state index contributed by atoms with van der Waals surface area (Å²) < 4.78 is 5.01. The number of hydrogen-bond donors (Lipinski definition) is 2. The van der Waals surface area contributed by atoms with Crippen LogP contribution in [-0.4, -0.2) is 29.3 Å². The first-order valence-electron chi connectivity index (χ1n) is 4.99. The molecule has 0 aromatic carbocycles. The molecule has 0 aliphatic heterocycles. The number of rotatable bonds is 3. The molecule has 0 heterocycles. The number of aliphatic carboxylic acids is 1. The molecular weight excluding hydrogens is 198 g/mol. The minimum absolute atomic E-state index is 0.0648. The van der Waals surface area contributed by atoms with Crippen molar-refractivity contribution < 1.29 is 19.4 Å². The highest BCUT2D eigenvalue weighted by molar-refractivity contribution is 5.74. The molecule has 1 saturated carbocycles. The quantitative estimate of drug-likeness (QED) is 0.742. The van der Waals surface area contributed by atoms with Gasteiger partial charge in [-0.15, -0.1) is 0 Å². The third-order valence-electron chi connectivity index (χ3n) is 2.15. The molecule has 0 aromatic rings. The molecule has 5 nitrogen and oxygen atoms in total. The lowest BCUT2D eigenvalue weighted by atomic mass is 10.2. The number of amides is 1. The minimum atomic E-state index is -0.786. The average molecular weight is 215 g/mol. The Kier molecular flexibility index (Phi) is 3.21. The fraction of sp³-hybridized carbons (Fsp3) is 0.800. The van der Waals surface area contributed by atoms with E-state index in [4.69, 9.17) is 9.84 Å². The van der Waals surface area contributed by atoms with Crippen molar-refractivity contribution in [2.75, 3.05) is 6.54 Å². The highest BCUT2D eigenvalue weighted by Gasteiger charge is 2.43. The largest absolute Gasteiger partial charge is 0.481 e. The van der Waals surface area contributed by atoms with Gasteiger partial charge in [0.2, 0.25) is 0 Å². The van der Waals surface area contributed by atoms with E-state index in [1.165, 1.54) is 0 Å². The number of ether oxygens (including phenoxy) is 1. The zero-order valence-corrected chi connectivity index (χ0v) is 9.24. The Bertz CT molecular complexity index is 269. The van der Waals surface area contributed by atoms with Crippen molar-refractivity contribution in [2.24, 2.45) is 11.8 Å². The zero-order chi connectivity index (χ0) is 11.6. The van der Waals surface area contributed by atoms with E-state index in [1.54, 1.807) is 20.8 Å². The van der Waals surface area contributed by atoms with Gasteiger partial charge >= 0.3 is 12.1 Å². The number of carbonyl (C=O) groups excluding carboxylic acids is 1. The van der Waals surface area contributed by atoms with Crippen molar-refractivity contribution in [1.82, 2.24) is 5.32 Å². The molecule has 2 atom stereocenters. The molecule has 1 rings (SSSR count). The third-order valence-corrected chi connectivity index (χ3v) is 2.15. The van der Waals surface area contributed by atoms with Crippen molar-refractivity contribution in [3.63, 3.8) is 0 Å². The van der Waals surface area contributed by atoms with Crippen molar-refractivity contribution in [3.05, 3.63) is 0 Å². The van der Waals surface area contributed by atoms with Gasteiger partial charge in [0.1, 0.15) is 5.60 Å². The van der Waals surface area contributed by atoms with E-state index in [-0.39, 0.29) is 11.8 Å². The maximum atomic E-state index is 11.2. The predicted octanol–water partition coefficient (Wildman–Crippen LogP) is 1.23. The Labute approximate surface area is 88.8 Å². The summed E-state index contributed by atoms with van der Waals surface area (Å²) >= 11 is 0. The molecule has 0 bridgehead atoms. The molecule has 0 unspecified atom stereocenters. The molecule has 15 heavy (non-hydrogen) atoms. The molecule has 0 aromatic heterocycles. The van der Waals surface area contributed by atoms with Crippen LogP contribution in [0.15, 0.2) is 0 Å². The number of hydrogen-bond acceptors (Lipinski definition) is 3. The lowest BCUT2D eigenvalue weighted by Gasteiger charge is -2.19. The monoisotopic (exact) mass is 215 g/mol. The summed E-state index contributed by atoms with van der Waals surface area (Å²) in [6.07, 6.45) is 0.157. The minimum Gasteiger partial charge on any atom is -0.481 e. The van der Waals surface area contributed by atoms with Crippen molar-refractivity contribution in [1.29, 1.82) is 0 Å². The highest BCUT2D eigenvalue weighted by Crippen LogP contribution is 2.37. The molecule has 1 fully saturated rings. The van der Waals surface area contributed by atoms with E-state index < -0.39 is 17.7 Å². The van der Waals surface area contributed by atoms with Crippen LogP contribution >= 0.6 is 0 Å². The van der Waals surface area contributed by atoms with Crippen LogP contribution in [0.4, 0.5) is 4.79 Å². The standard InChI is InChI=1S/C10H17NO4/c1-10(2,3)15-9(14)11-5-6-4-7(6)8(12)13/h6-7H,4-5H2,1-3H3,(H,11,14)(H,12,13)/t6-,7+/m0/s1. The Balaban J connectivity index is 2.17. The van der Waals surface area contributed by atoms with Crippen LogP contribution in [0.25, 0.3) is 0 Å². The molecule has 2 N–H and O–H groups in total. The van der Waals surface area contributed by atoms with Crippen molar-refractivity contribution in [3.8, 4) is 0 Å². The topological polar surface area (TPSA) is 75.6 Å². The predicted molar refractivity (Wildman–Crippen MR) is 53.5 cm³/mol. The van der Waals surface area contributed by atoms with Crippen LogP contribution in [0.1, 0.15) is 27.2 Å². The smallest absolute Gasteiger partial charge is 0.407 e. The normalized spacial score (nSPS) is 24.5. The van der Waals surface area contributed by atoms with Crippen molar-refractivity contribution in [2.45, 2.75) is 32.8 Å². The second-order valence-corrected chi connectivity index (χ2v) is 4.82. The van der Waals surface area contributed by atoms with Gasteiger partial charge in [0, 0.05) is 6.54 Å². The Morgan fingerprint density at radius 2 is 2.07 bits per heavy atom. The second-order valence-electron chi connectivity index (χ2n) is 4.82. The maximum Gasteiger partial charge on any atom is 0.407 e. The summed E-state index contributed by atoms with van der Waals surface area (Å²) in [4.78, 5) is 21.7. The molecule has 0 radical (unpaired) electrons. The first kappa shape index (κ1) is 11.8. The number of carboxylic acid groups (broad SMARTS) is 1. The summed E-state index contributed by atoms with van der Waals surface area (Å²) in [5.41, 5.74) is -0.514. The van der Waals surface area contributed by atoms with Crippen LogP contribution in [0.2, 0.25) is 0 Å². The molecule has 1 aliphatic rings. The Morgan fingerprint density at radius 1 is 1.47 bits per heavy atom.